The first kappa shape index (κ1) is 15.5. The standard InChI is InChI=1S/C14H17N5O.ClH/c20-14(11-4-6-15-7-5-11)17-12-2-1-3-13(10-12)19-9-8-16-18-19;/h1-3,8-11,15H,4-7H2,(H,17,20);1H. The van der Waals surface area contributed by atoms with Crippen molar-refractivity contribution in [3.05, 3.63) is 36.7 Å². The third-order valence-corrected chi connectivity index (χ3v) is 3.51. The van der Waals surface area contributed by atoms with Gasteiger partial charge in [0.15, 0.2) is 0 Å². The first-order chi connectivity index (χ1) is 9.83. The molecule has 1 saturated heterocycles. The quantitative estimate of drug-likeness (QED) is 0.904. The molecule has 1 aliphatic heterocycles. The highest BCUT2D eigenvalue weighted by molar-refractivity contribution is 5.92. The second-order valence-corrected chi connectivity index (χ2v) is 4.91. The SMILES string of the molecule is Cl.O=C(Nc1cccc(-n2ccnn2)c1)C1CCNCC1. The molecule has 2 heterocycles. The van der Waals surface area contributed by atoms with Crippen molar-refractivity contribution in [1.82, 2.24) is 20.3 Å². The highest BCUT2D eigenvalue weighted by Gasteiger charge is 2.20. The van der Waals surface area contributed by atoms with Crippen LogP contribution >= 0.6 is 12.4 Å². The van der Waals surface area contributed by atoms with Crippen LogP contribution in [0.4, 0.5) is 5.69 Å². The Morgan fingerprint density at radius 3 is 2.86 bits per heavy atom. The summed E-state index contributed by atoms with van der Waals surface area (Å²) in [6.45, 7) is 1.83. The molecule has 0 saturated carbocycles. The number of hydrogen-bond donors (Lipinski definition) is 2. The number of carbonyl (C=O) groups is 1. The lowest BCUT2D eigenvalue weighted by molar-refractivity contribution is -0.120. The predicted molar refractivity (Wildman–Crippen MR) is 82.8 cm³/mol. The number of benzene rings is 1. The minimum atomic E-state index is 0. The Labute approximate surface area is 129 Å². The number of nitrogens with zero attached hydrogens (tertiary/aromatic N) is 3. The third kappa shape index (κ3) is 3.80. The number of anilines is 1. The van der Waals surface area contributed by atoms with Gasteiger partial charge in [0.2, 0.25) is 5.91 Å². The molecule has 6 nitrogen and oxygen atoms in total. The molecule has 0 aliphatic carbocycles. The van der Waals surface area contributed by atoms with E-state index in [0.29, 0.717) is 0 Å². The highest BCUT2D eigenvalue weighted by atomic mass is 35.5. The van der Waals surface area contributed by atoms with Crippen LogP contribution in [0.5, 0.6) is 0 Å². The molecule has 1 aromatic carbocycles. The van der Waals surface area contributed by atoms with Gasteiger partial charge in [-0.3, -0.25) is 4.79 Å². The minimum absolute atomic E-state index is 0. The number of halogens is 1. The Balaban J connectivity index is 0.00000161. The van der Waals surface area contributed by atoms with E-state index >= 15 is 0 Å². The molecule has 112 valence electrons. The van der Waals surface area contributed by atoms with Crippen molar-refractivity contribution in [3.63, 3.8) is 0 Å². The van der Waals surface area contributed by atoms with E-state index in [0.717, 1.165) is 37.3 Å². The zero-order chi connectivity index (χ0) is 13.8. The van der Waals surface area contributed by atoms with Crippen LogP contribution in [-0.2, 0) is 4.79 Å². The van der Waals surface area contributed by atoms with E-state index in [1.165, 1.54) is 0 Å². The van der Waals surface area contributed by atoms with Gasteiger partial charge in [-0.2, -0.15) is 0 Å². The number of rotatable bonds is 3. The van der Waals surface area contributed by atoms with Gasteiger partial charge in [0.25, 0.3) is 0 Å². The van der Waals surface area contributed by atoms with Crippen LogP contribution in [0.1, 0.15) is 12.8 Å². The van der Waals surface area contributed by atoms with Crippen molar-refractivity contribution in [2.24, 2.45) is 5.92 Å². The lowest BCUT2D eigenvalue weighted by Crippen LogP contribution is -2.34. The Morgan fingerprint density at radius 1 is 1.33 bits per heavy atom. The highest BCUT2D eigenvalue weighted by Crippen LogP contribution is 2.17. The van der Waals surface area contributed by atoms with Gasteiger partial charge in [-0.1, -0.05) is 11.3 Å². The number of amides is 1. The summed E-state index contributed by atoms with van der Waals surface area (Å²) in [4.78, 5) is 12.2. The fourth-order valence-electron chi connectivity index (χ4n) is 2.40. The van der Waals surface area contributed by atoms with E-state index in [1.54, 1.807) is 17.1 Å². The zero-order valence-corrected chi connectivity index (χ0v) is 12.3. The molecule has 3 rings (SSSR count). The third-order valence-electron chi connectivity index (χ3n) is 3.51. The Morgan fingerprint density at radius 2 is 2.14 bits per heavy atom. The molecule has 21 heavy (non-hydrogen) atoms. The normalized spacial score (nSPS) is 15.2. The lowest BCUT2D eigenvalue weighted by atomic mass is 9.97. The summed E-state index contributed by atoms with van der Waals surface area (Å²) in [6, 6.07) is 7.61. The summed E-state index contributed by atoms with van der Waals surface area (Å²) in [5, 5.41) is 14.0. The molecule has 1 fully saturated rings. The monoisotopic (exact) mass is 307 g/mol. The van der Waals surface area contributed by atoms with Gasteiger partial charge >= 0.3 is 0 Å². The number of hydrogen-bond acceptors (Lipinski definition) is 4. The van der Waals surface area contributed by atoms with E-state index in [4.69, 9.17) is 0 Å². The first-order valence-corrected chi connectivity index (χ1v) is 6.81. The number of nitrogens with one attached hydrogen (secondary N) is 2. The molecule has 0 spiro atoms. The second kappa shape index (κ2) is 7.19. The summed E-state index contributed by atoms with van der Waals surface area (Å²) in [5.74, 6) is 0.202. The predicted octanol–water partition coefficient (Wildman–Crippen LogP) is 1.63. The van der Waals surface area contributed by atoms with Crippen molar-refractivity contribution < 1.29 is 4.79 Å². The van der Waals surface area contributed by atoms with Crippen molar-refractivity contribution in [3.8, 4) is 5.69 Å². The topological polar surface area (TPSA) is 71.8 Å². The Kier molecular flexibility index (Phi) is 5.30. The van der Waals surface area contributed by atoms with Gasteiger partial charge in [-0.15, -0.1) is 17.5 Å². The fraction of sp³-hybridized carbons (Fsp3) is 0.357. The zero-order valence-electron chi connectivity index (χ0n) is 11.5. The van der Waals surface area contributed by atoms with Crippen LogP contribution in [0.25, 0.3) is 5.69 Å². The van der Waals surface area contributed by atoms with Crippen molar-refractivity contribution in [1.29, 1.82) is 0 Å². The van der Waals surface area contributed by atoms with E-state index in [9.17, 15) is 4.79 Å². The molecule has 2 N–H and O–H groups in total. The van der Waals surface area contributed by atoms with E-state index < -0.39 is 0 Å². The molecule has 1 aliphatic rings. The van der Waals surface area contributed by atoms with Gasteiger partial charge in [0, 0.05) is 11.6 Å². The molecule has 0 bridgehead atoms. The first-order valence-electron chi connectivity index (χ1n) is 6.81. The van der Waals surface area contributed by atoms with Crippen molar-refractivity contribution in [2.45, 2.75) is 12.8 Å². The van der Waals surface area contributed by atoms with Crippen molar-refractivity contribution in [2.75, 3.05) is 18.4 Å². The summed E-state index contributed by atoms with van der Waals surface area (Å²) < 4.78 is 1.67. The molecule has 1 amide bonds. The van der Waals surface area contributed by atoms with Gasteiger partial charge in [-0.05, 0) is 44.1 Å². The number of carbonyl (C=O) groups excluding carboxylic acids is 1. The molecular formula is C14H18ClN5O. The van der Waals surface area contributed by atoms with Crippen LogP contribution in [0, 0.1) is 5.92 Å². The second-order valence-electron chi connectivity index (χ2n) is 4.91. The van der Waals surface area contributed by atoms with E-state index in [-0.39, 0.29) is 24.2 Å². The van der Waals surface area contributed by atoms with Crippen molar-refractivity contribution >= 4 is 24.0 Å². The van der Waals surface area contributed by atoms with Crippen LogP contribution < -0.4 is 10.6 Å². The summed E-state index contributed by atoms with van der Waals surface area (Å²) in [7, 11) is 0. The average molecular weight is 308 g/mol. The van der Waals surface area contributed by atoms with Gasteiger partial charge < -0.3 is 10.6 Å². The molecule has 2 aromatic rings. The van der Waals surface area contributed by atoms with Gasteiger partial charge in [-0.25, -0.2) is 4.68 Å². The maximum atomic E-state index is 12.2. The largest absolute Gasteiger partial charge is 0.326 e. The Hall–Kier alpha value is -1.92. The molecule has 0 unspecified atom stereocenters. The summed E-state index contributed by atoms with van der Waals surface area (Å²) in [6.07, 6.45) is 5.19. The number of aromatic nitrogens is 3. The summed E-state index contributed by atoms with van der Waals surface area (Å²) >= 11 is 0. The van der Waals surface area contributed by atoms with E-state index in [1.807, 2.05) is 24.3 Å². The lowest BCUT2D eigenvalue weighted by Gasteiger charge is -2.21. The molecule has 0 atom stereocenters. The summed E-state index contributed by atoms with van der Waals surface area (Å²) in [5.41, 5.74) is 1.67. The molecular weight excluding hydrogens is 290 g/mol. The smallest absolute Gasteiger partial charge is 0.227 e. The van der Waals surface area contributed by atoms with Crippen LogP contribution in [0.2, 0.25) is 0 Å². The average Bonchev–Trinajstić information content (AvgIpc) is 3.03. The minimum Gasteiger partial charge on any atom is -0.326 e. The van der Waals surface area contributed by atoms with E-state index in [2.05, 4.69) is 20.9 Å². The van der Waals surface area contributed by atoms with Crippen LogP contribution in [0.3, 0.4) is 0 Å². The molecule has 7 heteroatoms. The maximum Gasteiger partial charge on any atom is 0.227 e. The van der Waals surface area contributed by atoms with Gasteiger partial charge in [0.1, 0.15) is 0 Å². The number of piperidine rings is 1. The Bertz CT molecular complexity index is 581. The van der Waals surface area contributed by atoms with Crippen LogP contribution in [0.15, 0.2) is 36.7 Å². The maximum absolute atomic E-state index is 12.2. The van der Waals surface area contributed by atoms with Crippen LogP contribution in [-0.4, -0.2) is 34.0 Å². The van der Waals surface area contributed by atoms with Gasteiger partial charge in [0.05, 0.1) is 18.1 Å². The fourth-order valence-corrected chi connectivity index (χ4v) is 2.40. The molecule has 0 radical (unpaired) electrons. The molecule has 1 aromatic heterocycles.